The number of hydrogen-bond donors (Lipinski definition) is 1. The average molecular weight is 282 g/mol. The summed E-state index contributed by atoms with van der Waals surface area (Å²) in [4.78, 5) is 2.63. The van der Waals surface area contributed by atoms with Crippen LogP contribution in [0.3, 0.4) is 0 Å². The zero-order valence-electron chi connectivity index (χ0n) is 14.0. The van der Waals surface area contributed by atoms with Gasteiger partial charge in [0.15, 0.2) is 0 Å². The molecule has 3 heteroatoms. The third-order valence-corrected chi connectivity index (χ3v) is 5.77. The van der Waals surface area contributed by atoms with Crippen molar-refractivity contribution < 1.29 is 4.74 Å². The second kappa shape index (κ2) is 7.24. The number of hydrogen-bond acceptors (Lipinski definition) is 3. The Bertz CT molecular complexity index is 287. The van der Waals surface area contributed by atoms with E-state index in [2.05, 4.69) is 38.0 Å². The van der Waals surface area contributed by atoms with Gasteiger partial charge in [-0.3, -0.25) is 4.90 Å². The third kappa shape index (κ3) is 3.55. The van der Waals surface area contributed by atoms with Crippen molar-refractivity contribution in [3.05, 3.63) is 0 Å². The number of rotatable bonds is 5. The normalized spacial score (nSPS) is 31.2. The summed E-state index contributed by atoms with van der Waals surface area (Å²) in [6.07, 6.45) is 7.03. The van der Waals surface area contributed by atoms with Crippen molar-refractivity contribution in [2.45, 2.75) is 64.5 Å². The first-order chi connectivity index (χ1) is 9.59. The number of nitrogens with zero attached hydrogens (tertiary/aromatic N) is 1. The van der Waals surface area contributed by atoms with E-state index in [1.54, 1.807) is 0 Å². The van der Waals surface area contributed by atoms with Gasteiger partial charge in [0, 0.05) is 24.7 Å². The first kappa shape index (κ1) is 16.3. The number of nitrogens with one attached hydrogen (secondary N) is 1. The zero-order chi connectivity index (χ0) is 14.6. The van der Waals surface area contributed by atoms with Gasteiger partial charge < -0.3 is 10.1 Å². The molecule has 2 rings (SSSR count). The second-order valence-corrected chi connectivity index (χ2v) is 7.22. The molecule has 1 saturated carbocycles. The molecule has 0 amide bonds. The van der Waals surface area contributed by atoms with Gasteiger partial charge in [-0.1, -0.05) is 26.2 Å². The molecule has 20 heavy (non-hydrogen) atoms. The molecule has 2 aliphatic rings. The summed E-state index contributed by atoms with van der Waals surface area (Å²) < 4.78 is 5.53. The molecule has 1 heterocycles. The molecule has 3 nitrogen and oxygen atoms in total. The Morgan fingerprint density at radius 2 is 1.95 bits per heavy atom. The first-order valence-electron chi connectivity index (χ1n) is 8.59. The van der Waals surface area contributed by atoms with Gasteiger partial charge in [0.05, 0.1) is 13.2 Å². The third-order valence-electron chi connectivity index (χ3n) is 5.77. The fraction of sp³-hybridized carbons (Fsp3) is 1.00. The van der Waals surface area contributed by atoms with Gasteiger partial charge in [-0.15, -0.1) is 0 Å². The molecule has 1 saturated heterocycles. The molecule has 1 aliphatic carbocycles. The highest BCUT2D eigenvalue weighted by Crippen LogP contribution is 2.37. The molecular weight excluding hydrogens is 248 g/mol. The van der Waals surface area contributed by atoms with Gasteiger partial charge in [0.25, 0.3) is 0 Å². The number of likely N-dealkylation sites (N-methyl/N-ethyl adjacent to an activating group) is 1. The van der Waals surface area contributed by atoms with Crippen molar-refractivity contribution in [2.75, 3.05) is 33.4 Å². The summed E-state index contributed by atoms with van der Waals surface area (Å²) in [5, 5.41) is 3.67. The number of morpholine rings is 1. The van der Waals surface area contributed by atoms with Crippen molar-refractivity contribution in [3.8, 4) is 0 Å². The van der Waals surface area contributed by atoms with Crippen molar-refractivity contribution in [2.24, 2.45) is 11.8 Å². The Hall–Kier alpha value is -0.120. The molecule has 1 aliphatic heterocycles. The number of ether oxygens (including phenoxy) is 1. The highest BCUT2D eigenvalue weighted by atomic mass is 16.5. The highest BCUT2D eigenvalue weighted by Gasteiger charge is 2.40. The lowest BCUT2D eigenvalue weighted by atomic mass is 9.71. The van der Waals surface area contributed by atoms with Gasteiger partial charge in [-0.25, -0.2) is 0 Å². The highest BCUT2D eigenvalue weighted by molar-refractivity contribution is 4.98. The second-order valence-electron chi connectivity index (χ2n) is 7.22. The Balaban J connectivity index is 2.04. The van der Waals surface area contributed by atoms with E-state index in [0.717, 1.165) is 38.1 Å². The first-order valence-corrected chi connectivity index (χ1v) is 8.59. The van der Waals surface area contributed by atoms with Crippen LogP contribution >= 0.6 is 0 Å². The topological polar surface area (TPSA) is 24.5 Å². The van der Waals surface area contributed by atoms with Crippen LogP contribution in [0.25, 0.3) is 0 Å². The maximum absolute atomic E-state index is 5.53. The van der Waals surface area contributed by atoms with Crippen LogP contribution in [0.4, 0.5) is 0 Å². The summed E-state index contributed by atoms with van der Waals surface area (Å²) in [6.45, 7) is 11.1. The minimum Gasteiger partial charge on any atom is -0.379 e. The van der Waals surface area contributed by atoms with Gasteiger partial charge in [-0.2, -0.15) is 0 Å². The van der Waals surface area contributed by atoms with E-state index in [0.29, 0.717) is 6.04 Å². The average Bonchev–Trinajstić information content (AvgIpc) is 2.49. The molecular formula is C17H34N2O. The van der Waals surface area contributed by atoms with E-state index < -0.39 is 0 Å². The largest absolute Gasteiger partial charge is 0.379 e. The predicted octanol–water partition coefficient (Wildman–Crippen LogP) is 2.90. The molecule has 0 aromatic rings. The van der Waals surface area contributed by atoms with E-state index in [9.17, 15) is 0 Å². The monoisotopic (exact) mass is 282 g/mol. The Kier molecular flexibility index (Phi) is 5.88. The summed E-state index contributed by atoms with van der Waals surface area (Å²) in [5.41, 5.74) is 0.221. The van der Waals surface area contributed by atoms with Crippen LogP contribution in [0.1, 0.15) is 52.9 Å². The van der Waals surface area contributed by atoms with Gasteiger partial charge in [0.1, 0.15) is 0 Å². The van der Waals surface area contributed by atoms with Crippen LogP contribution in [0, 0.1) is 11.8 Å². The molecule has 0 bridgehead atoms. The molecule has 0 aromatic heterocycles. The van der Waals surface area contributed by atoms with Gasteiger partial charge in [-0.05, 0) is 45.6 Å². The quantitative estimate of drug-likeness (QED) is 0.839. The smallest absolute Gasteiger partial charge is 0.0594 e. The van der Waals surface area contributed by atoms with Crippen LogP contribution in [0.2, 0.25) is 0 Å². The fourth-order valence-corrected chi connectivity index (χ4v) is 4.51. The summed E-state index contributed by atoms with van der Waals surface area (Å²) in [5.74, 6) is 1.78. The lowest BCUT2D eigenvalue weighted by Crippen LogP contribution is -2.62. The van der Waals surface area contributed by atoms with Gasteiger partial charge >= 0.3 is 0 Å². The molecule has 0 spiro atoms. The van der Waals surface area contributed by atoms with E-state index in [-0.39, 0.29) is 5.54 Å². The standard InChI is InChI=1S/C17H34N2O/c1-5-14-7-6-8-15(13-14)16(18-4)17(2,3)19-9-11-20-12-10-19/h14-16,18H,5-13H2,1-4H3. The van der Waals surface area contributed by atoms with E-state index >= 15 is 0 Å². The SMILES string of the molecule is CCC1CCCC(C(NC)C(C)(C)N2CCOCC2)C1. The summed E-state index contributed by atoms with van der Waals surface area (Å²) in [7, 11) is 2.16. The molecule has 0 aromatic carbocycles. The van der Waals surface area contributed by atoms with Crippen molar-refractivity contribution >= 4 is 0 Å². The van der Waals surface area contributed by atoms with E-state index in [4.69, 9.17) is 4.74 Å². The van der Waals surface area contributed by atoms with Crippen molar-refractivity contribution in [1.29, 1.82) is 0 Å². The summed E-state index contributed by atoms with van der Waals surface area (Å²) in [6, 6.07) is 0.593. The van der Waals surface area contributed by atoms with Crippen molar-refractivity contribution in [1.82, 2.24) is 10.2 Å². The molecule has 3 atom stereocenters. The molecule has 1 N–H and O–H groups in total. The zero-order valence-corrected chi connectivity index (χ0v) is 14.0. The van der Waals surface area contributed by atoms with Crippen LogP contribution in [-0.2, 0) is 4.74 Å². The Labute approximate surface area is 125 Å². The predicted molar refractivity (Wildman–Crippen MR) is 85.1 cm³/mol. The minimum absolute atomic E-state index is 0.221. The molecule has 0 radical (unpaired) electrons. The molecule has 2 fully saturated rings. The van der Waals surface area contributed by atoms with Crippen LogP contribution in [0.15, 0.2) is 0 Å². The van der Waals surface area contributed by atoms with Crippen molar-refractivity contribution in [3.63, 3.8) is 0 Å². The minimum atomic E-state index is 0.221. The van der Waals surface area contributed by atoms with Crippen LogP contribution < -0.4 is 5.32 Å². The molecule has 3 unspecified atom stereocenters. The van der Waals surface area contributed by atoms with E-state index in [1.807, 2.05) is 0 Å². The Morgan fingerprint density at radius 3 is 2.55 bits per heavy atom. The maximum Gasteiger partial charge on any atom is 0.0594 e. The van der Waals surface area contributed by atoms with Gasteiger partial charge in [0.2, 0.25) is 0 Å². The Morgan fingerprint density at radius 1 is 1.25 bits per heavy atom. The molecule has 118 valence electrons. The maximum atomic E-state index is 5.53. The summed E-state index contributed by atoms with van der Waals surface area (Å²) >= 11 is 0. The van der Waals surface area contributed by atoms with Crippen LogP contribution in [-0.4, -0.2) is 49.8 Å². The van der Waals surface area contributed by atoms with E-state index in [1.165, 1.54) is 32.1 Å². The van der Waals surface area contributed by atoms with Crippen LogP contribution in [0.5, 0.6) is 0 Å². The fourth-order valence-electron chi connectivity index (χ4n) is 4.51. The lowest BCUT2D eigenvalue weighted by Gasteiger charge is -2.49. The lowest BCUT2D eigenvalue weighted by molar-refractivity contribution is -0.0349.